The van der Waals surface area contributed by atoms with E-state index >= 15 is 0 Å². The molecule has 0 saturated carbocycles. The van der Waals surface area contributed by atoms with E-state index in [4.69, 9.17) is 0 Å². The molecule has 116 valence electrons. The van der Waals surface area contributed by atoms with Crippen molar-refractivity contribution < 1.29 is 9.90 Å². The molecule has 0 aromatic heterocycles. The van der Waals surface area contributed by atoms with Crippen LogP contribution in [-0.4, -0.2) is 66.3 Å². The summed E-state index contributed by atoms with van der Waals surface area (Å²) in [6.45, 7) is 12.5. The topological polar surface area (TPSA) is 55.8 Å². The van der Waals surface area contributed by atoms with Gasteiger partial charge in [-0.2, -0.15) is 0 Å². The highest BCUT2D eigenvalue weighted by atomic mass is 16.4. The number of hydrogen-bond acceptors (Lipinski definition) is 3. The lowest BCUT2D eigenvalue weighted by molar-refractivity contribution is 0.00866. The molecular formula is C15H29N3O2. The Morgan fingerprint density at radius 1 is 1.25 bits per heavy atom. The van der Waals surface area contributed by atoms with Gasteiger partial charge in [-0.1, -0.05) is 20.8 Å². The summed E-state index contributed by atoms with van der Waals surface area (Å²) in [6, 6.07) is 0.128. The zero-order chi connectivity index (χ0) is 14.8. The summed E-state index contributed by atoms with van der Waals surface area (Å²) in [4.78, 5) is 15.7. The Balaban J connectivity index is 2.09. The average Bonchev–Trinajstić information content (AvgIpc) is 2.38. The number of carbonyl (C=O) groups is 1. The van der Waals surface area contributed by atoms with Crippen LogP contribution in [0.5, 0.6) is 0 Å². The fraction of sp³-hybridized carbons (Fsp3) is 0.933. The van der Waals surface area contributed by atoms with Gasteiger partial charge in [-0.15, -0.1) is 0 Å². The summed E-state index contributed by atoms with van der Waals surface area (Å²) in [5.74, 6) is 0.456. The largest absolute Gasteiger partial charge is 0.465 e. The van der Waals surface area contributed by atoms with E-state index in [1.807, 2.05) is 0 Å². The number of amides is 1. The smallest absolute Gasteiger partial charge is 0.407 e. The highest BCUT2D eigenvalue weighted by molar-refractivity contribution is 5.65. The predicted octanol–water partition coefficient (Wildman–Crippen LogP) is 1.70. The highest BCUT2D eigenvalue weighted by Gasteiger charge is 2.42. The monoisotopic (exact) mass is 283 g/mol. The van der Waals surface area contributed by atoms with Crippen molar-refractivity contribution in [1.29, 1.82) is 0 Å². The van der Waals surface area contributed by atoms with Gasteiger partial charge in [-0.05, 0) is 24.2 Å². The van der Waals surface area contributed by atoms with Gasteiger partial charge < -0.3 is 20.2 Å². The third kappa shape index (κ3) is 3.64. The van der Waals surface area contributed by atoms with Crippen LogP contribution >= 0.6 is 0 Å². The molecule has 0 aromatic rings. The van der Waals surface area contributed by atoms with Crippen molar-refractivity contribution >= 4 is 6.09 Å². The second-order valence-electron chi connectivity index (χ2n) is 7.24. The normalized spacial score (nSPS) is 29.4. The molecule has 5 nitrogen and oxygen atoms in total. The van der Waals surface area contributed by atoms with Crippen molar-refractivity contribution in [2.24, 2.45) is 11.3 Å². The first kappa shape index (κ1) is 15.6. The van der Waals surface area contributed by atoms with Crippen LogP contribution in [0.2, 0.25) is 0 Å². The SMILES string of the molecule is CC(C)(C)C1[C@H](CN2CCNCC2)CCCN1C(=O)O. The summed E-state index contributed by atoms with van der Waals surface area (Å²) in [5, 5.41) is 12.9. The molecule has 0 aliphatic carbocycles. The molecule has 2 fully saturated rings. The van der Waals surface area contributed by atoms with E-state index in [2.05, 4.69) is 31.0 Å². The lowest BCUT2D eigenvalue weighted by atomic mass is 9.74. The van der Waals surface area contributed by atoms with E-state index in [0.717, 1.165) is 45.6 Å². The van der Waals surface area contributed by atoms with Gasteiger partial charge in [-0.3, -0.25) is 0 Å². The summed E-state index contributed by atoms with van der Waals surface area (Å²) in [6.07, 6.45) is 1.39. The van der Waals surface area contributed by atoms with Crippen LogP contribution in [0.4, 0.5) is 4.79 Å². The van der Waals surface area contributed by atoms with Crippen LogP contribution in [0.25, 0.3) is 0 Å². The minimum absolute atomic E-state index is 0.00247. The Bertz CT molecular complexity index is 335. The molecular weight excluding hydrogens is 254 g/mol. The van der Waals surface area contributed by atoms with Gasteiger partial charge in [-0.25, -0.2) is 4.79 Å². The van der Waals surface area contributed by atoms with Crippen molar-refractivity contribution in [1.82, 2.24) is 15.1 Å². The maximum Gasteiger partial charge on any atom is 0.407 e. The highest BCUT2D eigenvalue weighted by Crippen LogP contribution is 2.36. The first-order valence-electron chi connectivity index (χ1n) is 7.82. The molecule has 0 spiro atoms. The molecule has 0 bridgehead atoms. The fourth-order valence-corrected chi connectivity index (χ4v) is 3.88. The number of nitrogens with one attached hydrogen (secondary N) is 1. The molecule has 1 amide bonds. The minimum Gasteiger partial charge on any atom is -0.465 e. The third-order valence-electron chi connectivity index (χ3n) is 4.59. The summed E-state index contributed by atoms with van der Waals surface area (Å²) < 4.78 is 0. The Kier molecular flexibility index (Phi) is 4.91. The number of carboxylic acid groups (broad SMARTS) is 1. The van der Waals surface area contributed by atoms with Crippen molar-refractivity contribution in [3.63, 3.8) is 0 Å². The maximum absolute atomic E-state index is 11.6. The van der Waals surface area contributed by atoms with Gasteiger partial charge in [0.2, 0.25) is 0 Å². The minimum atomic E-state index is -0.755. The van der Waals surface area contributed by atoms with Crippen molar-refractivity contribution in [3.8, 4) is 0 Å². The van der Waals surface area contributed by atoms with Crippen molar-refractivity contribution in [3.05, 3.63) is 0 Å². The predicted molar refractivity (Wildman–Crippen MR) is 80.0 cm³/mol. The molecule has 2 N–H and O–H groups in total. The van der Waals surface area contributed by atoms with E-state index in [-0.39, 0.29) is 11.5 Å². The number of rotatable bonds is 2. The van der Waals surface area contributed by atoms with Crippen LogP contribution in [0.1, 0.15) is 33.6 Å². The Morgan fingerprint density at radius 2 is 1.90 bits per heavy atom. The first-order chi connectivity index (χ1) is 9.39. The average molecular weight is 283 g/mol. The lowest BCUT2D eigenvalue weighted by Gasteiger charge is -2.48. The first-order valence-corrected chi connectivity index (χ1v) is 7.82. The van der Waals surface area contributed by atoms with E-state index in [9.17, 15) is 9.90 Å². The Hall–Kier alpha value is -0.810. The molecule has 2 aliphatic rings. The fourth-order valence-electron chi connectivity index (χ4n) is 3.88. The van der Waals surface area contributed by atoms with E-state index in [0.29, 0.717) is 12.5 Å². The van der Waals surface area contributed by atoms with Crippen LogP contribution in [-0.2, 0) is 0 Å². The van der Waals surface area contributed by atoms with Gasteiger partial charge in [0.25, 0.3) is 0 Å². The number of piperidine rings is 1. The molecule has 0 aromatic carbocycles. The van der Waals surface area contributed by atoms with Crippen LogP contribution in [0.3, 0.4) is 0 Å². The number of hydrogen-bond donors (Lipinski definition) is 2. The van der Waals surface area contributed by atoms with Gasteiger partial charge in [0.05, 0.1) is 0 Å². The summed E-state index contributed by atoms with van der Waals surface area (Å²) in [5.41, 5.74) is -0.00247. The second-order valence-corrected chi connectivity index (χ2v) is 7.24. The van der Waals surface area contributed by atoms with Gasteiger partial charge >= 0.3 is 6.09 Å². The molecule has 2 saturated heterocycles. The zero-order valence-corrected chi connectivity index (χ0v) is 13.1. The van der Waals surface area contributed by atoms with Gasteiger partial charge in [0, 0.05) is 45.3 Å². The van der Waals surface area contributed by atoms with Gasteiger partial charge in [0.15, 0.2) is 0 Å². The zero-order valence-electron chi connectivity index (χ0n) is 13.1. The number of piperazine rings is 1. The molecule has 2 rings (SSSR count). The molecule has 2 aliphatic heterocycles. The summed E-state index contributed by atoms with van der Waals surface area (Å²) in [7, 11) is 0. The lowest BCUT2D eigenvalue weighted by Crippen LogP contribution is -2.57. The molecule has 2 heterocycles. The van der Waals surface area contributed by atoms with Crippen molar-refractivity contribution in [2.45, 2.75) is 39.7 Å². The van der Waals surface area contributed by atoms with Crippen LogP contribution in [0.15, 0.2) is 0 Å². The molecule has 5 heteroatoms. The third-order valence-corrected chi connectivity index (χ3v) is 4.59. The Labute approximate surface area is 122 Å². The number of nitrogens with zero attached hydrogens (tertiary/aromatic N) is 2. The number of likely N-dealkylation sites (tertiary alicyclic amines) is 1. The van der Waals surface area contributed by atoms with Gasteiger partial charge in [0.1, 0.15) is 0 Å². The van der Waals surface area contributed by atoms with Crippen LogP contribution < -0.4 is 5.32 Å². The van der Waals surface area contributed by atoms with Crippen molar-refractivity contribution in [2.75, 3.05) is 39.3 Å². The summed E-state index contributed by atoms with van der Waals surface area (Å²) >= 11 is 0. The van der Waals surface area contributed by atoms with E-state index in [1.165, 1.54) is 0 Å². The maximum atomic E-state index is 11.6. The standard InChI is InChI=1S/C15H29N3O2/c1-15(2,3)13-12(5-4-8-18(13)14(19)20)11-17-9-6-16-7-10-17/h12-13,16H,4-11H2,1-3H3,(H,19,20)/t12-,13?/m0/s1. The quantitative estimate of drug-likeness (QED) is 0.810. The molecule has 0 radical (unpaired) electrons. The molecule has 2 atom stereocenters. The van der Waals surface area contributed by atoms with E-state index in [1.54, 1.807) is 4.90 Å². The second kappa shape index (κ2) is 6.31. The Morgan fingerprint density at radius 3 is 2.45 bits per heavy atom. The van der Waals surface area contributed by atoms with Crippen LogP contribution in [0, 0.1) is 11.3 Å². The molecule has 20 heavy (non-hydrogen) atoms. The molecule has 1 unspecified atom stereocenters. The van der Waals surface area contributed by atoms with E-state index < -0.39 is 6.09 Å².